The summed E-state index contributed by atoms with van der Waals surface area (Å²) in [6, 6.07) is 16.2. The lowest BCUT2D eigenvalue weighted by molar-refractivity contribution is 0.380. The second-order valence-electron chi connectivity index (χ2n) is 5.77. The fourth-order valence-corrected chi connectivity index (χ4v) is 3.36. The van der Waals surface area contributed by atoms with Gasteiger partial charge in [0.05, 0.1) is 19.2 Å². The highest BCUT2D eigenvalue weighted by atomic mass is 35.5. The molecule has 1 N–H and O–H groups in total. The Morgan fingerprint density at radius 2 is 1.96 bits per heavy atom. The topological polar surface area (TPSA) is 52.0 Å². The Balaban J connectivity index is 1.75. The highest BCUT2D eigenvalue weighted by Crippen LogP contribution is 2.40. The van der Waals surface area contributed by atoms with Crippen molar-refractivity contribution in [1.29, 1.82) is 0 Å². The van der Waals surface area contributed by atoms with Gasteiger partial charge < -0.3 is 10.1 Å². The van der Waals surface area contributed by atoms with E-state index in [1.165, 1.54) is 5.56 Å². The molecule has 0 saturated carbocycles. The summed E-state index contributed by atoms with van der Waals surface area (Å²) in [5.74, 6) is 1.62. The Morgan fingerprint density at radius 3 is 2.75 bits per heavy atom. The van der Waals surface area contributed by atoms with Crippen LogP contribution in [0.5, 0.6) is 5.75 Å². The number of hydrogen-bond donors (Lipinski definition) is 1. The van der Waals surface area contributed by atoms with E-state index < -0.39 is 0 Å². The molecule has 5 nitrogen and oxygen atoms in total. The van der Waals surface area contributed by atoms with Gasteiger partial charge in [0.15, 0.2) is 0 Å². The first kappa shape index (κ1) is 15.0. The first-order valence-electron chi connectivity index (χ1n) is 7.80. The lowest BCUT2D eigenvalue weighted by Gasteiger charge is -2.32. The molecule has 4 rings (SSSR count). The number of halogens is 1. The van der Waals surface area contributed by atoms with Crippen LogP contribution in [0.2, 0.25) is 5.02 Å². The van der Waals surface area contributed by atoms with Crippen molar-refractivity contribution in [2.45, 2.75) is 18.5 Å². The zero-order chi connectivity index (χ0) is 16.5. The van der Waals surface area contributed by atoms with Crippen LogP contribution in [0.4, 0.5) is 5.95 Å². The molecule has 1 aliphatic rings. The van der Waals surface area contributed by atoms with E-state index in [1.54, 1.807) is 13.4 Å². The molecule has 0 radical (unpaired) electrons. The van der Waals surface area contributed by atoms with E-state index in [0.717, 1.165) is 28.7 Å². The Labute approximate surface area is 145 Å². The minimum atomic E-state index is 0.0561. The number of benzene rings is 2. The van der Waals surface area contributed by atoms with Gasteiger partial charge >= 0.3 is 0 Å². The Morgan fingerprint density at radius 1 is 1.17 bits per heavy atom. The van der Waals surface area contributed by atoms with E-state index in [0.29, 0.717) is 0 Å². The fraction of sp³-hybridized carbons (Fsp3) is 0.222. The van der Waals surface area contributed by atoms with Crippen molar-refractivity contribution in [2.24, 2.45) is 0 Å². The summed E-state index contributed by atoms with van der Waals surface area (Å²) in [7, 11) is 1.69. The lowest BCUT2D eigenvalue weighted by atomic mass is 9.93. The number of hydrogen-bond acceptors (Lipinski definition) is 4. The number of aromatic nitrogens is 3. The molecule has 2 aromatic carbocycles. The number of nitrogens with zero attached hydrogens (tertiary/aromatic N) is 3. The van der Waals surface area contributed by atoms with Gasteiger partial charge in [-0.25, -0.2) is 4.68 Å². The Bertz CT molecular complexity index is 846. The second-order valence-corrected chi connectivity index (χ2v) is 6.21. The van der Waals surface area contributed by atoms with E-state index in [9.17, 15) is 0 Å². The van der Waals surface area contributed by atoms with Crippen molar-refractivity contribution in [3.05, 3.63) is 71.0 Å². The van der Waals surface area contributed by atoms with Crippen molar-refractivity contribution in [2.75, 3.05) is 12.4 Å². The molecule has 0 bridgehead atoms. The summed E-state index contributed by atoms with van der Waals surface area (Å²) in [6.07, 6.45) is 2.42. The average molecular weight is 341 g/mol. The van der Waals surface area contributed by atoms with Crippen molar-refractivity contribution < 1.29 is 4.74 Å². The molecule has 2 heterocycles. The van der Waals surface area contributed by atoms with Crippen molar-refractivity contribution in [3.8, 4) is 5.75 Å². The number of methoxy groups -OCH3 is 1. The van der Waals surface area contributed by atoms with Crippen LogP contribution in [-0.4, -0.2) is 21.9 Å². The number of nitrogens with one attached hydrogen (secondary N) is 1. The Kier molecular flexibility index (Phi) is 3.86. The number of anilines is 1. The summed E-state index contributed by atoms with van der Waals surface area (Å²) in [5, 5.41) is 8.59. The standard InChI is InChI=1S/C18H17ClN4O/c1-24-17-5-3-2-4-14(17)16-10-15(12-6-8-13(19)9-7-12)22-18-20-11-21-23(16)18/h2-9,11,15-16H,10H2,1H3,(H,20,21,22)/t15-,16-/m1/s1. The van der Waals surface area contributed by atoms with Gasteiger partial charge in [-0.1, -0.05) is 41.9 Å². The monoisotopic (exact) mass is 340 g/mol. The van der Waals surface area contributed by atoms with Gasteiger partial charge in [0.2, 0.25) is 5.95 Å². The Hall–Kier alpha value is -2.53. The molecule has 2 atom stereocenters. The molecule has 24 heavy (non-hydrogen) atoms. The molecular formula is C18H17ClN4O. The van der Waals surface area contributed by atoms with E-state index in [1.807, 2.05) is 47.1 Å². The van der Waals surface area contributed by atoms with Gasteiger partial charge in [0.25, 0.3) is 0 Å². The van der Waals surface area contributed by atoms with Crippen molar-refractivity contribution in [3.63, 3.8) is 0 Å². The number of rotatable bonds is 3. The maximum atomic E-state index is 6.01. The zero-order valence-corrected chi connectivity index (χ0v) is 13.9. The van der Waals surface area contributed by atoms with E-state index in [2.05, 4.69) is 21.5 Å². The normalized spacial score (nSPS) is 19.4. The zero-order valence-electron chi connectivity index (χ0n) is 13.2. The first-order valence-corrected chi connectivity index (χ1v) is 8.18. The van der Waals surface area contributed by atoms with Crippen LogP contribution in [0.15, 0.2) is 54.9 Å². The maximum Gasteiger partial charge on any atom is 0.222 e. The maximum absolute atomic E-state index is 6.01. The first-order chi connectivity index (χ1) is 11.8. The summed E-state index contributed by atoms with van der Waals surface area (Å²) >= 11 is 6.01. The molecule has 0 aliphatic carbocycles. The smallest absolute Gasteiger partial charge is 0.222 e. The summed E-state index contributed by atoms with van der Waals surface area (Å²) in [5.41, 5.74) is 2.28. The van der Waals surface area contributed by atoms with Crippen LogP contribution in [0.25, 0.3) is 0 Å². The van der Waals surface area contributed by atoms with Crippen LogP contribution >= 0.6 is 11.6 Å². The highest BCUT2D eigenvalue weighted by molar-refractivity contribution is 6.30. The van der Waals surface area contributed by atoms with Gasteiger partial charge in [-0.15, -0.1) is 0 Å². The molecule has 1 aromatic heterocycles. The minimum Gasteiger partial charge on any atom is -0.496 e. The average Bonchev–Trinajstić information content (AvgIpc) is 3.10. The van der Waals surface area contributed by atoms with E-state index in [4.69, 9.17) is 16.3 Å². The largest absolute Gasteiger partial charge is 0.496 e. The van der Waals surface area contributed by atoms with Crippen LogP contribution in [-0.2, 0) is 0 Å². The quantitative estimate of drug-likeness (QED) is 0.780. The predicted octanol–water partition coefficient (Wildman–Crippen LogP) is 4.09. The molecular weight excluding hydrogens is 324 g/mol. The van der Waals surface area contributed by atoms with Gasteiger partial charge in [0.1, 0.15) is 12.1 Å². The lowest BCUT2D eigenvalue weighted by Crippen LogP contribution is -2.28. The summed E-state index contributed by atoms with van der Waals surface area (Å²) < 4.78 is 7.47. The van der Waals surface area contributed by atoms with E-state index in [-0.39, 0.29) is 12.1 Å². The molecule has 122 valence electrons. The summed E-state index contributed by atoms with van der Waals surface area (Å²) in [4.78, 5) is 4.36. The van der Waals surface area contributed by atoms with Gasteiger partial charge in [-0.05, 0) is 30.2 Å². The molecule has 6 heteroatoms. The number of ether oxygens (including phenoxy) is 1. The summed E-state index contributed by atoms with van der Waals surface area (Å²) in [6.45, 7) is 0. The van der Waals surface area contributed by atoms with Gasteiger partial charge in [0, 0.05) is 10.6 Å². The van der Waals surface area contributed by atoms with E-state index >= 15 is 0 Å². The third-order valence-electron chi connectivity index (χ3n) is 4.40. The SMILES string of the molecule is COc1ccccc1[C@H]1C[C@H](c2ccc(Cl)cc2)Nc2ncnn21. The van der Waals surface area contributed by atoms with Crippen molar-refractivity contribution in [1.82, 2.24) is 14.8 Å². The second kappa shape index (κ2) is 6.17. The highest BCUT2D eigenvalue weighted by Gasteiger charge is 2.31. The molecule has 3 aromatic rings. The fourth-order valence-electron chi connectivity index (χ4n) is 3.23. The molecule has 0 spiro atoms. The van der Waals surface area contributed by atoms with Crippen LogP contribution in [0.3, 0.4) is 0 Å². The van der Waals surface area contributed by atoms with Crippen LogP contribution < -0.4 is 10.1 Å². The van der Waals surface area contributed by atoms with Gasteiger partial charge in [-0.2, -0.15) is 10.1 Å². The molecule has 0 saturated heterocycles. The molecule has 0 amide bonds. The molecule has 1 aliphatic heterocycles. The number of para-hydroxylation sites is 1. The van der Waals surface area contributed by atoms with Gasteiger partial charge in [-0.3, -0.25) is 0 Å². The van der Waals surface area contributed by atoms with Crippen LogP contribution in [0.1, 0.15) is 29.6 Å². The van der Waals surface area contributed by atoms with Crippen molar-refractivity contribution >= 4 is 17.5 Å². The third kappa shape index (κ3) is 2.61. The van der Waals surface area contributed by atoms with Crippen LogP contribution in [0, 0.1) is 0 Å². The predicted molar refractivity (Wildman–Crippen MR) is 93.6 cm³/mol. The minimum absolute atomic E-state index is 0.0561. The number of fused-ring (bicyclic) bond motifs is 1. The third-order valence-corrected chi connectivity index (χ3v) is 4.65. The molecule has 0 fully saturated rings. The molecule has 0 unspecified atom stereocenters.